The molecule has 1 aliphatic carbocycles. The second-order valence-corrected chi connectivity index (χ2v) is 4.79. The Labute approximate surface area is 107 Å². The smallest absolute Gasteiger partial charge is 0.195 e. The van der Waals surface area contributed by atoms with Crippen molar-refractivity contribution in [2.75, 3.05) is 0 Å². The largest absolute Gasteiger partial charge is 0.454 e. The molecule has 0 aromatic rings. The molecule has 1 fully saturated rings. The van der Waals surface area contributed by atoms with Gasteiger partial charge in [0.2, 0.25) is 0 Å². The van der Waals surface area contributed by atoms with Gasteiger partial charge in [-0.3, -0.25) is 0 Å². The molecule has 0 heterocycles. The normalized spacial score (nSPS) is 21.9. The molecular formula is C10H10F10. The van der Waals surface area contributed by atoms with Gasteiger partial charge in [-0.1, -0.05) is 19.3 Å². The number of halogens is 10. The molecule has 0 radical (unpaired) electrons. The molecule has 10 heteroatoms. The number of hydrogen-bond donors (Lipinski definition) is 0. The van der Waals surface area contributed by atoms with E-state index in [4.69, 9.17) is 0 Å². The van der Waals surface area contributed by atoms with E-state index in [0.717, 1.165) is 0 Å². The molecule has 0 saturated heterocycles. The van der Waals surface area contributed by atoms with Crippen LogP contribution in [0.2, 0.25) is 0 Å². The van der Waals surface area contributed by atoms with Gasteiger partial charge in [-0.15, -0.1) is 0 Å². The van der Waals surface area contributed by atoms with E-state index < -0.39 is 55.3 Å². The standard InChI is InChI=1S/C10H10F10/c11-7(12,9(15,16)17)6(4-2-1-3-5-6)8(13,14)10(18,19)20/h1-5H2. The van der Waals surface area contributed by atoms with Crippen LogP contribution >= 0.6 is 0 Å². The van der Waals surface area contributed by atoms with Gasteiger partial charge in [0.1, 0.15) is 5.41 Å². The Morgan fingerprint density at radius 3 is 1.05 bits per heavy atom. The van der Waals surface area contributed by atoms with Crippen molar-refractivity contribution in [1.82, 2.24) is 0 Å². The molecule has 0 aromatic heterocycles. The van der Waals surface area contributed by atoms with Crippen LogP contribution in [0, 0.1) is 5.41 Å². The molecule has 0 N–H and O–H groups in total. The molecule has 0 unspecified atom stereocenters. The zero-order valence-corrected chi connectivity index (χ0v) is 9.82. The van der Waals surface area contributed by atoms with Crippen LogP contribution < -0.4 is 0 Å². The number of rotatable bonds is 2. The zero-order valence-electron chi connectivity index (χ0n) is 9.82. The van der Waals surface area contributed by atoms with E-state index in [2.05, 4.69) is 0 Å². The van der Waals surface area contributed by atoms with Crippen molar-refractivity contribution in [3.63, 3.8) is 0 Å². The van der Waals surface area contributed by atoms with E-state index in [9.17, 15) is 43.9 Å². The van der Waals surface area contributed by atoms with Crippen LogP contribution in [0.3, 0.4) is 0 Å². The van der Waals surface area contributed by atoms with Gasteiger partial charge in [-0.05, 0) is 12.8 Å². The summed E-state index contributed by atoms with van der Waals surface area (Å²) in [5.41, 5.74) is -4.48. The van der Waals surface area contributed by atoms with Gasteiger partial charge in [-0.25, -0.2) is 0 Å². The lowest BCUT2D eigenvalue weighted by atomic mass is 9.64. The molecule has 0 aromatic carbocycles. The third-order valence-corrected chi connectivity index (χ3v) is 3.62. The summed E-state index contributed by atoms with van der Waals surface area (Å²) in [6.07, 6.45) is -17.1. The van der Waals surface area contributed by atoms with Gasteiger partial charge in [0.15, 0.2) is 0 Å². The van der Waals surface area contributed by atoms with Gasteiger partial charge in [0, 0.05) is 0 Å². The average Bonchev–Trinajstić information content (AvgIpc) is 2.26. The molecule has 0 aliphatic heterocycles. The summed E-state index contributed by atoms with van der Waals surface area (Å²) in [7, 11) is 0. The highest BCUT2D eigenvalue weighted by atomic mass is 19.4. The molecule has 0 nitrogen and oxygen atoms in total. The third-order valence-electron chi connectivity index (χ3n) is 3.62. The molecule has 20 heavy (non-hydrogen) atoms. The number of hydrogen-bond acceptors (Lipinski definition) is 0. The molecule has 1 aliphatic rings. The van der Waals surface area contributed by atoms with E-state index in [1.165, 1.54) is 0 Å². The van der Waals surface area contributed by atoms with Gasteiger partial charge < -0.3 is 0 Å². The predicted molar refractivity (Wildman–Crippen MR) is 47.5 cm³/mol. The van der Waals surface area contributed by atoms with Crippen LogP contribution in [0.1, 0.15) is 32.1 Å². The third kappa shape index (κ3) is 2.24. The lowest BCUT2D eigenvalue weighted by Gasteiger charge is -2.48. The Balaban J connectivity index is 3.46. The van der Waals surface area contributed by atoms with Crippen LogP contribution in [0.4, 0.5) is 43.9 Å². The first-order chi connectivity index (χ1) is 8.71. The fraction of sp³-hybridized carbons (Fsp3) is 1.00. The van der Waals surface area contributed by atoms with Crippen LogP contribution in [0.15, 0.2) is 0 Å². The van der Waals surface area contributed by atoms with Crippen molar-refractivity contribution < 1.29 is 43.9 Å². The maximum absolute atomic E-state index is 13.4. The van der Waals surface area contributed by atoms with E-state index in [1.54, 1.807) is 0 Å². The van der Waals surface area contributed by atoms with E-state index in [1.807, 2.05) is 0 Å². The van der Waals surface area contributed by atoms with E-state index in [0.29, 0.717) is 0 Å². The summed E-state index contributed by atoms with van der Waals surface area (Å²) in [4.78, 5) is 0. The molecule has 0 bridgehead atoms. The zero-order chi connectivity index (χ0) is 16.0. The lowest BCUT2D eigenvalue weighted by Crippen LogP contribution is -2.65. The first-order valence-electron chi connectivity index (χ1n) is 5.60. The number of alkyl halides is 10. The molecular weight excluding hydrogens is 310 g/mol. The highest BCUT2D eigenvalue weighted by Crippen LogP contribution is 2.65. The van der Waals surface area contributed by atoms with Crippen LogP contribution in [-0.4, -0.2) is 24.2 Å². The minimum atomic E-state index is -6.47. The van der Waals surface area contributed by atoms with Crippen molar-refractivity contribution in [2.24, 2.45) is 5.41 Å². The van der Waals surface area contributed by atoms with Crippen LogP contribution in [-0.2, 0) is 0 Å². The summed E-state index contributed by atoms with van der Waals surface area (Å²) >= 11 is 0. The molecule has 0 spiro atoms. The van der Waals surface area contributed by atoms with Crippen molar-refractivity contribution in [3.8, 4) is 0 Å². The van der Waals surface area contributed by atoms with Crippen molar-refractivity contribution >= 4 is 0 Å². The van der Waals surface area contributed by atoms with Crippen molar-refractivity contribution in [2.45, 2.75) is 56.3 Å². The summed E-state index contributed by atoms with van der Waals surface area (Å²) < 4.78 is 128. The predicted octanol–water partition coefficient (Wildman–Crippen LogP) is 5.33. The van der Waals surface area contributed by atoms with Crippen molar-refractivity contribution in [1.29, 1.82) is 0 Å². The topological polar surface area (TPSA) is 0 Å². The minimum Gasteiger partial charge on any atom is -0.195 e. The Morgan fingerprint density at radius 2 is 0.800 bits per heavy atom. The summed E-state index contributed by atoms with van der Waals surface area (Å²) in [6.45, 7) is 0. The average molecular weight is 320 g/mol. The highest BCUT2D eigenvalue weighted by Gasteiger charge is 2.83. The minimum absolute atomic E-state index is 0.0314. The van der Waals surface area contributed by atoms with Crippen molar-refractivity contribution in [3.05, 3.63) is 0 Å². The summed E-state index contributed by atoms with van der Waals surface area (Å²) in [5, 5.41) is 0. The molecule has 0 atom stereocenters. The lowest BCUT2D eigenvalue weighted by molar-refractivity contribution is -0.413. The first-order valence-corrected chi connectivity index (χ1v) is 5.60. The molecule has 120 valence electrons. The Hall–Kier alpha value is -0.700. The Kier molecular flexibility index (Phi) is 4.04. The van der Waals surface area contributed by atoms with Gasteiger partial charge in [0.25, 0.3) is 0 Å². The maximum Gasteiger partial charge on any atom is 0.454 e. The fourth-order valence-electron chi connectivity index (χ4n) is 2.52. The van der Waals surface area contributed by atoms with Crippen LogP contribution in [0.5, 0.6) is 0 Å². The second kappa shape index (κ2) is 4.66. The second-order valence-electron chi connectivity index (χ2n) is 4.79. The van der Waals surface area contributed by atoms with Gasteiger partial charge in [0.05, 0.1) is 0 Å². The molecule has 1 rings (SSSR count). The molecule has 0 amide bonds. The quantitative estimate of drug-likeness (QED) is 0.603. The van der Waals surface area contributed by atoms with E-state index in [-0.39, 0.29) is 6.42 Å². The maximum atomic E-state index is 13.4. The van der Waals surface area contributed by atoms with Gasteiger partial charge in [-0.2, -0.15) is 43.9 Å². The SMILES string of the molecule is FC(F)(F)C(F)(F)C1(C(F)(F)C(F)(F)F)CCCCC1. The molecule has 1 saturated carbocycles. The highest BCUT2D eigenvalue weighted by molar-refractivity contribution is 5.09. The fourth-order valence-corrected chi connectivity index (χ4v) is 2.52. The van der Waals surface area contributed by atoms with Crippen LogP contribution in [0.25, 0.3) is 0 Å². The Morgan fingerprint density at radius 1 is 0.500 bits per heavy atom. The monoisotopic (exact) mass is 320 g/mol. The first kappa shape index (κ1) is 17.4. The summed E-state index contributed by atoms with van der Waals surface area (Å²) in [5.74, 6) is -12.3. The van der Waals surface area contributed by atoms with E-state index >= 15 is 0 Å². The summed E-state index contributed by atoms with van der Waals surface area (Å²) in [6, 6.07) is 0. The van der Waals surface area contributed by atoms with Gasteiger partial charge >= 0.3 is 24.2 Å². The Bertz CT molecular complexity index is 316.